The lowest BCUT2D eigenvalue weighted by molar-refractivity contribution is 0.619. The Hall–Kier alpha value is -3.49. The number of aryl methyl sites for hydroxylation is 1. The van der Waals surface area contributed by atoms with Crippen molar-refractivity contribution in [2.24, 2.45) is 0 Å². The van der Waals surface area contributed by atoms with Gasteiger partial charge in [-0.15, -0.1) is 11.3 Å². The number of rotatable bonds is 4. The van der Waals surface area contributed by atoms with E-state index in [-0.39, 0.29) is 5.82 Å². The van der Waals surface area contributed by atoms with Crippen molar-refractivity contribution in [2.45, 2.75) is 6.92 Å². The monoisotopic (exact) mass is 385 g/mol. The van der Waals surface area contributed by atoms with Gasteiger partial charge in [-0.25, -0.2) is 9.37 Å². The summed E-state index contributed by atoms with van der Waals surface area (Å²) >= 11 is 1.41. The molecule has 28 heavy (non-hydrogen) atoms. The van der Waals surface area contributed by atoms with Crippen molar-refractivity contribution < 1.29 is 4.39 Å². The number of nitrogens with one attached hydrogen (secondary N) is 1. The van der Waals surface area contributed by atoms with Gasteiger partial charge in [-0.05, 0) is 41.5 Å². The van der Waals surface area contributed by atoms with Gasteiger partial charge in [0.15, 0.2) is 0 Å². The van der Waals surface area contributed by atoms with Crippen LogP contribution in [0.1, 0.15) is 10.6 Å². The Balaban J connectivity index is 1.60. The number of hydrogen-bond donors (Lipinski definition) is 1. The summed E-state index contributed by atoms with van der Waals surface area (Å²) in [6.45, 7) is 1.71. The Kier molecular flexibility index (Phi) is 4.88. The predicted molar refractivity (Wildman–Crippen MR) is 113 cm³/mol. The van der Waals surface area contributed by atoms with E-state index in [0.29, 0.717) is 21.8 Å². The lowest BCUT2D eigenvalue weighted by atomic mass is 10.1. The molecular formula is C23H16FN3S. The van der Waals surface area contributed by atoms with Crippen LogP contribution in [0.25, 0.3) is 27.6 Å². The van der Waals surface area contributed by atoms with Gasteiger partial charge in [-0.2, -0.15) is 5.26 Å². The molecule has 0 aliphatic rings. The first-order valence-electron chi connectivity index (χ1n) is 8.72. The van der Waals surface area contributed by atoms with Crippen LogP contribution >= 0.6 is 11.3 Å². The number of fused-ring (bicyclic) bond motifs is 1. The SMILES string of the molecule is Cc1ccc(N/C=C(\C#N)c2nc(-c3ccc4ccccc4c3)cs2)cc1F. The average molecular weight is 385 g/mol. The van der Waals surface area contributed by atoms with E-state index in [9.17, 15) is 9.65 Å². The number of nitrogens with zero attached hydrogens (tertiary/aromatic N) is 2. The third kappa shape index (κ3) is 3.64. The first-order valence-corrected chi connectivity index (χ1v) is 9.60. The standard InChI is InChI=1S/C23H16FN3S/c1-15-6-9-20(11-21(15)24)26-13-19(12-25)23-27-22(14-28-23)18-8-7-16-4-2-3-5-17(16)10-18/h2-11,13-14,26H,1H3/b19-13+. The van der Waals surface area contributed by atoms with Crippen LogP contribution in [0.5, 0.6) is 0 Å². The minimum absolute atomic E-state index is 0.287. The highest BCUT2D eigenvalue weighted by atomic mass is 32.1. The molecule has 0 aliphatic heterocycles. The second-order valence-corrected chi connectivity index (χ2v) is 7.24. The summed E-state index contributed by atoms with van der Waals surface area (Å²) in [5.41, 5.74) is 3.40. The smallest absolute Gasteiger partial charge is 0.136 e. The molecule has 0 atom stereocenters. The molecule has 0 saturated heterocycles. The third-order valence-electron chi connectivity index (χ3n) is 4.46. The Morgan fingerprint density at radius 2 is 1.93 bits per heavy atom. The second kappa shape index (κ2) is 7.63. The molecular weight excluding hydrogens is 369 g/mol. The molecule has 0 unspecified atom stereocenters. The van der Waals surface area contributed by atoms with Crippen LogP contribution in [-0.2, 0) is 0 Å². The molecule has 1 N–H and O–H groups in total. The summed E-state index contributed by atoms with van der Waals surface area (Å²) in [7, 11) is 0. The van der Waals surface area contributed by atoms with E-state index >= 15 is 0 Å². The van der Waals surface area contributed by atoms with E-state index in [2.05, 4.69) is 40.6 Å². The molecule has 0 saturated carbocycles. The normalized spacial score (nSPS) is 11.4. The Bertz CT molecular complexity index is 1230. The molecule has 0 aliphatic carbocycles. The van der Waals surface area contributed by atoms with Crippen molar-refractivity contribution in [2.75, 3.05) is 5.32 Å². The van der Waals surface area contributed by atoms with E-state index in [1.807, 2.05) is 23.6 Å². The van der Waals surface area contributed by atoms with Gasteiger partial charge in [0.1, 0.15) is 22.5 Å². The van der Waals surface area contributed by atoms with Crippen molar-refractivity contribution in [1.82, 2.24) is 4.98 Å². The molecule has 0 bridgehead atoms. The fraction of sp³-hybridized carbons (Fsp3) is 0.0435. The van der Waals surface area contributed by atoms with Crippen molar-refractivity contribution in [1.29, 1.82) is 5.26 Å². The molecule has 5 heteroatoms. The van der Waals surface area contributed by atoms with E-state index in [4.69, 9.17) is 0 Å². The van der Waals surface area contributed by atoms with Gasteiger partial charge < -0.3 is 5.32 Å². The summed E-state index contributed by atoms with van der Waals surface area (Å²) in [6.07, 6.45) is 1.56. The highest BCUT2D eigenvalue weighted by molar-refractivity contribution is 7.11. The Labute approximate surface area is 166 Å². The fourth-order valence-electron chi connectivity index (χ4n) is 2.86. The number of nitriles is 1. The molecule has 4 rings (SSSR count). The number of hydrogen-bond acceptors (Lipinski definition) is 4. The number of aromatic nitrogens is 1. The lowest BCUT2D eigenvalue weighted by Gasteiger charge is -2.03. The van der Waals surface area contributed by atoms with E-state index in [1.54, 1.807) is 25.3 Å². The summed E-state index contributed by atoms with van der Waals surface area (Å²) in [6, 6.07) is 21.4. The second-order valence-electron chi connectivity index (χ2n) is 6.38. The number of anilines is 1. The van der Waals surface area contributed by atoms with Gasteiger partial charge in [0.05, 0.1) is 5.69 Å². The molecule has 3 nitrogen and oxygen atoms in total. The highest BCUT2D eigenvalue weighted by Crippen LogP contribution is 2.28. The topological polar surface area (TPSA) is 48.7 Å². The quantitative estimate of drug-likeness (QED) is 0.414. The minimum atomic E-state index is -0.287. The largest absolute Gasteiger partial charge is 0.360 e. The zero-order chi connectivity index (χ0) is 19.5. The number of allylic oxidation sites excluding steroid dienone is 1. The minimum Gasteiger partial charge on any atom is -0.360 e. The van der Waals surface area contributed by atoms with Gasteiger partial charge in [-0.1, -0.05) is 42.5 Å². The third-order valence-corrected chi connectivity index (χ3v) is 5.33. The van der Waals surface area contributed by atoms with Crippen LogP contribution < -0.4 is 5.32 Å². The van der Waals surface area contributed by atoms with Crippen molar-refractivity contribution in [3.05, 3.63) is 88.6 Å². The number of halogens is 1. The van der Waals surface area contributed by atoms with Crippen LogP contribution in [0.4, 0.5) is 10.1 Å². The molecule has 1 aromatic heterocycles. The van der Waals surface area contributed by atoms with Crippen molar-refractivity contribution in [3.8, 4) is 17.3 Å². The van der Waals surface area contributed by atoms with E-state index < -0.39 is 0 Å². The van der Waals surface area contributed by atoms with Crippen LogP contribution in [0.2, 0.25) is 0 Å². The van der Waals surface area contributed by atoms with Gasteiger partial charge >= 0.3 is 0 Å². The Morgan fingerprint density at radius 3 is 2.71 bits per heavy atom. The maximum atomic E-state index is 13.7. The first kappa shape index (κ1) is 17.9. The zero-order valence-electron chi connectivity index (χ0n) is 15.1. The van der Waals surface area contributed by atoms with Crippen LogP contribution in [0, 0.1) is 24.1 Å². The van der Waals surface area contributed by atoms with Crippen LogP contribution in [-0.4, -0.2) is 4.98 Å². The molecule has 0 spiro atoms. The summed E-state index contributed by atoms with van der Waals surface area (Å²) < 4.78 is 13.7. The predicted octanol–water partition coefficient (Wildman–Crippen LogP) is 6.39. The average Bonchev–Trinajstić information content (AvgIpc) is 3.21. The highest BCUT2D eigenvalue weighted by Gasteiger charge is 2.10. The van der Waals surface area contributed by atoms with E-state index in [1.165, 1.54) is 22.8 Å². The van der Waals surface area contributed by atoms with Gasteiger partial charge in [-0.3, -0.25) is 0 Å². The zero-order valence-corrected chi connectivity index (χ0v) is 15.9. The molecule has 4 aromatic rings. The molecule has 3 aromatic carbocycles. The number of thiazole rings is 1. The summed E-state index contributed by atoms with van der Waals surface area (Å²) in [4.78, 5) is 4.62. The number of benzene rings is 3. The van der Waals surface area contributed by atoms with Crippen LogP contribution in [0.15, 0.2) is 72.2 Å². The summed E-state index contributed by atoms with van der Waals surface area (Å²) in [5, 5.41) is 17.4. The molecule has 0 amide bonds. The summed E-state index contributed by atoms with van der Waals surface area (Å²) in [5.74, 6) is -0.287. The lowest BCUT2D eigenvalue weighted by Crippen LogP contribution is -1.93. The van der Waals surface area contributed by atoms with Crippen LogP contribution in [0.3, 0.4) is 0 Å². The van der Waals surface area contributed by atoms with Gasteiger partial charge in [0, 0.05) is 22.8 Å². The molecule has 0 fully saturated rings. The maximum Gasteiger partial charge on any atom is 0.136 e. The molecule has 0 radical (unpaired) electrons. The molecule has 1 heterocycles. The fourth-order valence-corrected chi connectivity index (χ4v) is 3.65. The maximum absolute atomic E-state index is 13.7. The van der Waals surface area contributed by atoms with Crippen molar-refractivity contribution in [3.63, 3.8) is 0 Å². The van der Waals surface area contributed by atoms with Gasteiger partial charge in [0.2, 0.25) is 0 Å². The molecule has 136 valence electrons. The van der Waals surface area contributed by atoms with Crippen molar-refractivity contribution >= 4 is 33.4 Å². The Morgan fingerprint density at radius 1 is 1.11 bits per heavy atom. The van der Waals surface area contributed by atoms with Gasteiger partial charge in [0.25, 0.3) is 0 Å². The first-order chi connectivity index (χ1) is 13.6. The van der Waals surface area contributed by atoms with E-state index in [0.717, 1.165) is 16.6 Å².